The lowest BCUT2D eigenvalue weighted by Gasteiger charge is -2.23. The summed E-state index contributed by atoms with van der Waals surface area (Å²) in [4.78, 5) is 23.4. The van der Waals surface area contributed by atoms with E-state index in [1.54, 1.807) is 12.5 Å². The van der Waals surface area contributed by atoms with Crippen molar-refractivity contribution in [3.05, 3.63) is 18.2 Å². The molecule has 1 N–H and O–H groups in total. The van der Waals surface area contributed by atoms with E-state index >= 15 is 0 Å². The van der Waals surface area contributed by atoms with Crippen LogP contribution in [0.2, 0.25) is 0 Å². The number of aromatic nitrogens is 2. The molecule has 1 aromatic heterocycles. The van der Waals surface area contributed by atoms with Gasteiger partial charge in [0, 0.05) is 19.1 Å². The molecule has 17 heavy (non-hydrogen) atoms. The molecule has 1 atom stereocenters. The van der Waals surface area contributed by atoms with E-state index in [0.29, 0.717) is 11.7 Å². The lowest BCUT2D eigenvalue weighted by Crippen LogP contribution is -2.37. The number of aromatic amines is 1. The first-order valence-electron chi connectivity index (χ1n) is 6.36. The maximum Gasteiger partial charge on any atom is 0.271 e. The van der Waals surface area contributed by atoms with Gasteiger partial charge in [0.1, 0.15) is 5.69 Å². The van der Waals surface area contributed by atoms with Crippen molar-refractivity contribution in [1.29, 1.82) is 0 Å². The molecule has 1 amide bonds. The van der Waals surface area contributed by atoms with E-state index in [-0.39, 0.29) is 5.91 Å². The molecule has 1 aromatic rings. The van der Waals surface area contributed by atoms with Crippen molar-refractivity contribution in [3.8, 4) is 0 Å². The minimum atomic E-state index is 0.0872. The van der Waals surface area contributed by atoms with Gasteiger partial charge < -0.3 is 9.88 Å². The average Bonchev–Trinajstić information content (AvgIpc) is 3.09. The smallest absolute Gasteiger partial charge is 0.271 e. The maximum absolute atomic E-state index is 12.1. The van der Waals surface area contributed by atoms with Crippen LogP contribution in [0.5, 0.6) is 0 Å². The molecule has 1 unspecified atom stereocenters. The van der Waals surface area contributed by atoms with Crippen LogP contribution in [0.3, 0.4) is 0 Å². The van der Waals surface area contributed by atoms with Gasteiger partial charge in [0.25, 0.3) is 5.91 Å². The molecule has 2 fully saturated rings. The summed E-state index contributed by atoms with van der Waals surface area (Å²) in [6.45, 7) is 4.16. The summed E-state index contributed by atoms with van der Waals surface area (Å²) < 4.78 is 0. The molecule has 2 aliphatic heterocycles. The first-order chi connectivity index (χ1) is 8.34. The van der Waals surface area contributed by atoms with Gasteiger partial charge in [0.2, 0.25) is 0 Å². The van der Waals surface area contributed by atoms with Crippen LogP contribution < -0.4 is 0 Å². The lowest BCUT2D eigenvalue weighted by atomic mass is 10.2. The van der Waals surface area contributed by atoms with Crippen LogP contribution in [0.25, 0.3) is 0 Å². The first-order valence-corrected chi connectivity index (χ1v) is 6.36. The van der Waals surface area contributed by atoms with Gasteiger partial charge in [-0.1, -0.05) is 0 Å². The van der Waals surface area contributed by atoms with Crippen LogP contribution in [-0.4, -0.2) is 57.9 Å². The van der Waals surface area contributed by atoms with Crippen LogP contribution in [0.1, 0.15) is 29.8 Å². The third-order valence-electron chi connectivity index (χ3n) is 3.84. The fourth-order valence-corrected chi connectivity index (χ4v) is 2.87. The van der Waals surface area contributed by atoms with Crippen LogP contribution >= 0.6 is 0 Å². The fraction of sp³-hybridized carbons (Fsp3) is 0.667. The maximum atomic E-state index is 12.1. The van der Waals surface area contributed by atoms with Gasteiger partial charge in [-0.2, -0.15) is 0 Å². The normalized spacial score (nSPS) is 25.6. The Balaban J connectivity index is 1.62. The van der Waals surface area contributed by atoms with E-state index in [4.69, 9.17) is 0 Å². The summed E-state index contributed by atoms with van der Waals surface area (Å²) in [6, 6.07) is 0.573. The summed E-state index contributed by atoms with van der Waals surface area (Å²) in [5, 5.41) is 0. The summed E-state index contributed by atoms with van der Waals surface area (Å²) in [7, 11) is 0. The molecule has 3 heterocycles. The number of imidazole rings is 1. The summed E-state index contributed by atoms with van der Waals surface area (Å²) in [6.07, 6.45) is 6.89. The number of likely N-dealkylation sites (tertiary alicyclic amines) is 2. The Morgan fingerprint density at radius 3 is 2.88 bits per heavy atom. The highest BCUT2D eigenvalue weighted by molar-refractivity contribution is 5.92. The second-order valence-corrected chi connectivity index (χ2v) is 4.90. The molecule has 5 heteroatoms. The predicted octanol–water partition coefficient (Wildman–Crippen LogP) is 0.720. The Morgan fingerprint density at radius 1 is 1.35 bits per heavy atom. The minimum absolute atomic E-state index is 0.0872. The molecule has 0 bridgehead atoms. The molecule has 3 rings (SSSR count). The highest BCUT2D eigenvalue weighted by atomic mass is 16.2. The fourth-order valence-electron chi connectivity index (χ4n) is 2.87. The molecule has 5 nitrogen and oxygen atoms in total. The zero-order valence-corrected chi connectivity index (χ0v) is 9.93. The van der Waals surface area contributed by atoms with Crippen molar-refractivity contribution >= 4 is 5.91 Å². The van der Waals surface area contributed by atoms with Crippen molar-refractivity contribution in [1.82, 2.24) is 19.8 Å². The second kappa shape index (κ2) is 4.49. The summed E-state index contributed by atoms with van der Waals surface area (Å²) in [5.41, 5.74) is 0.604. The van der Waals surface area contributed by atoms with E-state index in [1.165, 1.54) is 25.9 Å². The Labute approximate surface area is 101 Å². The molecule has 2 aliphatic rings. The molecule has 92 valence electrons. The number of rotatable bonds is 2. The van der Waals surface area contributed by atoms with Gasteiger partial charge in [0.15, 0.2) is 0 Å². The van der Waals surface area contributed by atoms with E-state index in [9.17, 15) is 4.79 Å². The van der Waals surface area contributed by atoms with Crippen LogP contribution in [0.4, 0.5) is 0 Å². The molecule has 2 saturated heterocycles. The van der Waals surface area contributed by atoms with Gasteiger partial charge >= 0.3 is 0 Å². The number of nitrogens with zero attached hydrogens (tertiary/aromatic N) is 3. The molecule has 0 aliphatic carbocycles. The molecule has 0 radical (unpaired) electrons. The van der Waals surface area contributed by atoms with E-state index in [0.717, 1.165) is 19.5 Å². The minimum Gasteiger partial charge on any atom is -0.341 e. The number of H-pyrrole nitrogens is 1. The monoisotopic (exact) mass is 234 g/mol. The number of carbonyl (C=O) groups is 1. The van der Waals surface area contributed by atoms with Crippen molar-refractivity contribution in [2.24, 2.45) is 0 Å². The quantitative estimate of drug-likeness (QED) is 0.820. The van der Waals surface area contributed by atoms with Gasteiger partial charge in [-0.05, 0) is 32.4 Å². The summed E-state index contributed by atoms with van der Waals surface area (Å²) >= 11 is 0. The van der Waals surface area contributed by atoms with Crippen LogP contribution in [-0.2, 0) is 0 Å². The zero-order valence-electron chi connectivity index (χ0n) is 9.93. The topological polar surface area (TPSA) is 52.2 Å². The van der Waals surface area contributed by atoms with Crippen molar-refractivity contribution < 1.29 is 4.79 Å². The van der Waals surface area contributed by atoms with E-state index < -0.39 is 0 Å². The number of hydrogen-bond acceptors (Lipinski definition) is 3. The van der Waals surface area contributed by atoms with Gasteiger partial charge in [-0.3, -0.25) is 9.69 Å². The third-order valence-corrected chi connectivity index (χ3v) is 3.84. The lowest BCUT2D eigenvalue weighted by molar-refractivity contribution is 0.0775. The Morgan fingerprint density at radius 2 is 2.18 bits per heavy atom. The third kappa shape index (κ3) is 2.07. The predicted molar refractivity (Wildman–Crippen MR) is 63.7 cm³/mol. The van der Waals surface area contributed by atoms with Crippen molar-refractivity contribution in [2.45, 2.75) is 25.3 Å². The first kappa shape index (κ1) is 10.8. The van der Waals surface area contributed by atoms with Gasteiger partial charge in [-0.15, -0.1) is 0 Å². The summed E-state index contributed by atoms with van der Waals surface area (Å²) in [5.74, 6) is 0.0872. The number of carbonyl (C=O) groups excluding carboxylic acids is 1. The second-order valence-electron chi connectivity index (χ2n) is 4.90. The van der Waals surface area contributed by atoms with E-state index in [1.807, 2.05) is 4.90 Å². The Hall–Kier alpha value is -1.36. The zero-order chi connectivity index (χ0) is 11.7. The van der Waals surface area contributed by atoms with Crippen LogP contribution in [0, 0.1) is 0 Å². The van der Waals surface area contributed by atoms with Gasteiger partial charge in [0.05, 0.1) is 12.5 Å². The SMILES string of the molecule is O=C(c1cnc[nH]1)N1CCC(N2CCCC2)C1. The largest absolute Gasteiger partial charge is 0.341 e. The highest BCUT2D eigenvalue weighted by Gasteiger charge is 2.32. The van der Waals surface area contributed by atoms with E-state index in [2.05, 4.69) is 14.9 Å². The Bertz CT molecular complexity index is 383. The van der Waals surface area contributed by atoms with Crippen LogP contribution in [0.15, 0.2) is 12.5 Å². The molecule has 0 aromatic carbocycles. The molecule has 0 saturated carbocycles. The molecule has 0 spiro atoms. The average molecular weight is 234 g/mol. The number of hydrogen-bond donors (Lipinski definition) is 1. The van der Waals surface area contributed by atoms with Crippen molar-refractivity contribution in [2.75, 3.05) is 26.2 Å². The van der Waals surface area contributed by atoms with Gasteiger partial charge in [-0.25, -0.2) is 4.98 Å². The molecular weight excluding hydrogens is 216 g/mol. The van der Waals surface area contributed by atoms with Crippen molar-refractivity contribution in [3.63, 3.8) is 0 Å². The standard InChI is InChI=1S/C12H18N4O/c17-12(11-7-13-9-14-11)16-6-3-10(8-16)15-4-1-2-5-15/h7,9-10H,1-6,8H2,(H,13,14). The highest BCUT2D eigenvalue weighted by Crippen LogP contribution is 2.21. The number of nitrogens with one attached hydrogen (secondary N) is 1. The Kier molecular flexibility index (Phi) is 2.84. The number of amides is 1. The molecular formula is C12H18N4O.